The number of nitrogens with one attached hydrogen (secondary N) is 1. The molecule has 3 aliphatic rings. The van der Waals surface area contributed by atoms with Crippen molar-refractivity contribution in [2.75, 3.05) is 54.5 Å². The van der Waals surface area contributed by atoms with Gasteiger partial charge in [0.15, 0.2) is 0 Å². The summed E-state index contributed by atoms with van der Waals surface area (Å²) in [4.78, 5) is 49.2. The molecule has 9 nitrogen and oxygen atoms in total. The van der Waals surface area contributed by atoms with Gasteiger partial charge in [-0.1, -0.05) is 24.2 Å². The van der Waals surface area contributed by atoms with Crippen LogP contribution in [0, 0.1) is 12.8 Å². The minimum Gasteiger partial charge on any atom is -0.367 e. The van der Waals surface area contributed by atoms with Crippen LogP contribution in [0.4, 0.5) is 34.8 Å². The largest absolute Gasteiger partial charge is 0.416 e. The SMILES string of the molecule is C=CC(=O)N1CC[C@H](NCCN2C[C@H]3CC(=O)N(c4cc(C(F)(F)F)cc(C)n4)[C@@H]3C(=O)N(C)c3cccc(Cl)c32)[C@H](F)C1. The molecule has 2 saturated heterocycles. The third-order valence-electron chi connectivity index (χ3n) is 8.44. The summed E-state index contributed by atoms with van der Waals surface area (Å²) in [7, 11) is 1.54. The van der Waals surface area contributed by atoms with E-state index in [2.05, 4.69) is 16.9 Å². The van der Waals surface area contributed by atoms with Gasteiger partial charge in [0.25, 0.3) is 0 Å². The molecule has 236 valence electrons. The van der Waals surface area contributed by atoms with Gasteiger partial charge < -0.3 is 20.0 Å². The van der Waals surface area contributed by atoms with Crippen molar-refractivity contribution in [1.82, 2.24) is 15.2 Å². The van der Waals surface area contributed by atoms with Gasteiger partial charge in [0.05, 0.1) is 28.5 Å². The fraction of sp³-hybridized carbons (Fsp3) is 0.467. The number of carbonyl (C=O) groups excluding carboxylic acids is 3. The van der Waals surface area contributed by atoms with E-state index in [1.165, 1.54) is 23.8 Å². The number of fused-ring (bicyclic) bond motifs is 2. The van der Waals surface area contributed by atoms with E-state index in [-0.39, 0.29) is 36.9 Å². The topological polar surface area (TPSA) is 89.1 Å². The molecule has 0 unspecified atom stereocenters. The van der Waals surface area contributed by atoms with Gasteiger partial charge in [0.2, 0.25) is 17.7 Å². The molecule has 44 heavy (non-hydrogen) atoms. The summed E-state index contributed by atoms with van der Waals surface area (Å²) in [5.41, 5.74) is 0.132. The van der Waals surface area contributed by atoms with Crippen LogP contribution in [0.3, 0.4) is 0 Å². The van der Waals surface area contributed by atoms with Crippen LogP contribution in [0.25, 0.3) is 0 Å². The number of carbonyl (C=O) groups is 3. The average Bonchev–Trinajstić information content (AvgIpc) is 3.29. The van der Waals surface area contributed by atoms with Crippen molar-refractivity contribution in [2.45, 2.75) is 44.2 Å². The number of halogens is 5. The van der Waals surface area contributed by atoms with Crippen LogP contribution < -0.4 is 20.0 Å². The summed E-state index contributed by atoms with van der Waals surface area (Å²) in [6.45, 7) is 6.04. The highest BCUT2D eigenvalue weighted by molar-refractivity contribution is 6.34. The Morgan fingerprint density at radius 3 is 2.66 bits per heavy atom. The van der Waals surface area contributed by atoms with Gasteiger partial charge >= 0.3 is 6.18 Å². The molecule has 2 fully saturated rings. The van der Waals surface area contributed by atoms with Crippen LogP contribution in [0.1, 0.15) is 24.1 Å². The lowest BCUT2D eigenvalue weighted by molar-refractivity contribution is -0.137. The van der Waals surface area contributed by atoms with Crippen LogP contribution in [0.2, 0.25) is 5.02 Å². The molecule has 1 aromatic carbocycles. The second kappa shape index (κ2) is 12.4. The molecule has 0 aliphatic carbocycles. The van der Waals surface area contributed by atoms with Crippen molar-refractivity contribution in [3.63, 3.8) is 0 Å². The molecule has 0 spiro atoms. The maximum absolute atomic E-state index is 14.9. The highest BCUT2D eigenvalue weighted by Crippen LogP contribution is 2.42. The highest BCUT2D eigenvalue weighted by atomic mass is 35.5. The first-order valence-corrected chi connectivity index (χ1v) is 14.7. The molecule has 4 heterocycles. The summed E-state index contributed by atoms with van der Waals surface area (Å²) >= 11 is 6.66. The molecule has 0 bridgehead atoms. The Bertz CT molecular complexity index is 1470. The number of hydrogen-bond acceptors (Lipinski definition) is 6. The van der Waals surface area contributed by atoms with Gasteiger partial charge in [0.1, 0.15) is 18.0 Å². The van der Waals surface area contributed by atoms with Crippen LogP contribution in [-0.2, 0) is 20.6 Å². The second-order valence-corrected chi connectivity index (χ2v) is 11.7. The number of piperidine rings is 1. The van der Waals surface area contributed by atoms with E-state index in [9.17, 15) is 31.9 Å². The van der Waals surface area contributed by atoms with E-state index in [0.717, 1.165) is 23.1 Å². The van der Waals surface area contributed by atoms with Crippen molar-refractivity contribution >= 4 is 46.5 Å². The monoisotopic (exact) mass is 636 g/mol. The van der Waals surface area contributed by atoms with Crippen LogP contribution in [-0.4, -0.2) is 85.6 Å². The van der Waals surface area contributed by atoms with E-state index in [4.69, 9.17) is 11.6 Å². The van der Waals surface area contributed by atoms with E-state index in [0.29, 0.717) is 42.5 Å². The summed E-state index contributed by atoms with van der Waals surface area (Å²) < 4.78 is 55.9. The molecule has 4 atom stereocenters. The Morgan fingerprint density at radius 2 is 1.98 bits per heavy atom. The van der Waals surface area contributed by atoms with Gasteiger partial charge in [0, 0.05) is 57.3 Å². The first-order valence-electron chi connectivity index (χ1n) is 14.3. The van der Waals surface area contributed by atoms with Gasteiger partial charge in [-0.25, -0.2) is 9.37 Å². The smallest absolute Gasteiger partial charge is 0.367 e. The molecule has 1 aromatic heterocycles. The zero-order valence-electron chi connectivity index (χ0n) is 24.3. The normalized spacial score (nSPS) is 24.2. The lowest BCUT2D eigenvalue weighted by atomic mass is 9.95. The molecule has 2 aromatic rings. The molecule has 14 heteroatoms. The molecule has 1 N–H and O–H groups in total. The Morgan fingerprint density at radius 1 is 1.23 bits per heavy atom. The lowest BCUT2D eigenvalue weighted by Crippen LogP contribution is -2.54. The zero-order chi connectivity index (χ0) is 31.9. The third-order valence-corrected chi connectivity index (χ3v) is 8.75. The van der Waals surface area contributed by atoms with Crippen molar-refractivity contribution in [3.05, 3.63) is 59.3 Å². The maximum Gasteiger partial charge on any atom is 0.416 e. The number of anilines is 3. The highest BCUT2D eigenvalue weighted by Gasteiger charge is 2.49. The van der Waals surface area contributed by atoms with E-state index in [1.807, 2.05) is 4.90 Å². The molecule has 3 amide bonds. The fourth-order valence-corrected chi connectivity index (χ4v) is 6.61. The summed E-state index contributed by atoms with van der Waals surface area (Å²) in [6, 6.07) is 5.17. The first-order chi connectivity index (χ1) is 20.8. The van der Waals surface area contributed by atoms with Crippen LogP contribution in [0.15, 0.2) is 43.0 Å². The van der Waals surface area contributed by atoms with Crippen molar-refractivity contribution in [3.8, 4) is 0 Å². The third kappa shape index (κ3) is 6.12. The van der Waals surface area contributed by atoms with Crippen molar-refractivity contribution < 1.29 is 31.9 Å². The fourth-order valence-electron chi connectivity index (χ4n) is 6.32. The lowest BCUT2D eigenvalue weighted by Gasteiger charge is -2.39. The number of likely N-dealkylation sites (N-methyl/N-ethyl adjacent to an activating group) is 1. The number of rotatable bonds is 6. The molecule has 0 radical (unpaired) electrons. The van der Waals surface area contributed by atoms with Crippen LogP contribution >= 0.6 is 11.6 Å². The summed E-state index contributed by atoms with van der Waals surface area (Å²) in [5.74, 6) is -2.13. The number of aromatic nitrogens is 1. The zero-order valence-corrected chi connectivity index (χ0v) is 25.0. The maximum atomic E-state index is 14.9. The van der Waals surface area contributed by atoms with Gasteiger partial charge in [-0.2, -0.15) is 13.2 Å². The van der Waals surface area contributed by atoms with Gasteiger partial charge in [-0.05, 0) is 43.7 Å². The van der Waals surface area contributed by atoms with E-state index < -0.39 is 47.7 Å². The van der Waals surface area contributed by atoms with Gasteiger partial charge in [-0.3, -0.25) is 19.3 Å². The quantitative estimate of drug-likeness (QED) is 0.381. The number of amides is 3. The molecule has 0 saturated carbocycles. The minimum atomic E-state index is -4.66. The standard InChI is InChI=1S/C30H33ClF4N6O3/c1-4-25(42)39-10-8-22(21(32)16-39)36-9-11-40-15-18-13-26(43)41(24-14-19(30(33,34)35)12-17(2)37-24)27(18)29(44)38(3)23-7-5-6-20(31)28(23)40/h4-7,12,14,18,21-22,27,36H,1,8-11,13,15-16H2,2-3H3/t18-,21-,22+,27+/m1/s1. The number of para-hydroxylation sites is 1. The minimum absolute atomic E-state index is 0.0431. The first kappa shape index (κ1) is 31.7. The molecule has 5 rings (SSSR count). The van der Waals surface area contributed by atoms with Crippen molar-refractivity contribution in [2.24, 2.45) is 5.92 Å². The number of pyridine rings is 1. The predicted molar refractivity (Wildman–Crippen MR) is 159 cm³/mol. The second-order valence-electron chi connectivity index (χ2n) is 11.3. The summed E-state index contributed by atoms with van der Waals surface area (Å²) in [5, 5.41) is 3.61. The molecular formula is C30H33ClF4N6O3. The average molecular weight is 637 g/mol. The Kier molecular flexibility index (Phi) is 8.90. The predicted octanol–water partition coefficient (Wildman–Crippen LogP) is 3.98. The molecular weight excluding hydrogens is 604 g/mol. The van der Waals surface area contributed by atoms with E-state index in [1.54, 1.807) is 18.2 Å². The number of likely N-dealkylation sites (tertiary alicyclic amines) is 1. The number of hydrogen-bond donors (Lipinski definition) is 1. The Balaban J connectivity index is 1.42. The molecule has 3 aliphatic heterocycles. The number of nitrogens with zero attached hydrogens (tertiary/aromatic N) is 5. The number of aryl methyl sites for hydroxylation is 1. The number of alkyl halides is 4. The van der Waals surface area contributed by atoms with Gasteiger partial charge in [-0.15, -0.1) is 0 Å². The van der Waals surface area contributed by atoms with Crippen molar-refractivity contribution in [1.29, 1.82) is 0 Å². The Labute approximate surface area is 257 Å². The number of benzene rings is 1. The van der Waals surface area contributed by atoms with Crippen LogP contribution in [0.5, 0.6) is 0 Å². The van der Waals surface area contributed by atoms with E-state index >= 15 is 0 Å². The summed E-state index contributed by atoms with van der Waals surface area (Å²) in [6.07, 6.45) is -4.46. The Hall–Kier alpha value is -3.71.